The number of phenolic OH excluding ortho intramolecular Hbond substituents is 1. The highest BCUT2D eigenvalue weighted by atomic mass is 16.6. The van der Waals surface area contributed by atoms with E-state index in [9.17, 15) is 9.90 Å². The number of hydrogen-bond acceptors (Lipinski definition) is 4. The second-order valence-corrected chi connectivity index (χ2v) is 6.15. The van der Waals surface area contributed by atoms with Crippen LogP contribution in [0.15, 0.2) is 24.3 Å². The minimum atomic E-state index is -0.469. The summed E-state index contributed by atoms with van der Waals surface area (Å²) >= 11 is 0. The molecular formula is C15H22N2O3. The van der Waals surface area contributed by atoms with Crippen LogP contribution in [-0.2, 0) is 11.3 Å². The van der Waals surface area contributed by atoms with Gasteiger partial charge in [-0.3, -0.25) is 0 Å². The Morgan fingerprint density at radius 2 is 2.15 bits per heavy atom. The van der Waals surface area contributed by atoms with Crippen molar-refractivity contribution in [3.05, 3.63) is 29.8 Å². The van der Waals surface area contributed by atoms with Gasteiger partial charge in [-0.1, -0.05) is 12.1 Å². The molecule has 1 aliphatic rings. The van der Waals surface area contributed by atoms with Crippen LogP contribution in [0.5, 0.6) is 5.75 Å². The van der Waals surface area contributed by atoms with Gasteiger partial charge in [-0.25, -0.2) is 4.79 Å². The van der Waals surface area contributed by atoms with E-state index >= 15 is 0 Å². The molecule has 1 amide bonds. The van der Waals surface area contributed by atoms with Crippen molar-refractivity contribution in [2.45, 2.75) is 51.4 Å². The van der Waals surface area contributed by atoms with E-state index in [4.69, 9.17) is 4.74 Å². The first-order valence-electron chi connectivity index (χ1n) is 6.84. The molecule has 3 N–H and O–H groups in total. The molecule has 0 radical (unpaired) electrons. The molecule has 0 saturated heterocycles. The predicted molar refractivity (Wildman–Crippen MR) is 76.5 cm³/mol. The SMILES string of the molecule is CC(C)(C)OC(=O)NC1CC1NCc1cccc(O)c1. The Balaban J connectivity index is 1.69. The summed E-state index contributed by atoms with van der Waals surface area (Å²) in [5, 5.41) is 15.5. The second kappa shape index (κ2) is 5.71. The molecule has 2 atom stereocenters. The molecule has 2 unspecified atom stereocenters. The molecule has 1 fully saturated rings. The second-order valence-electron chi connectivity index (χ2n) is 6.15. The van der Waals surface area contributed by atoms with Crippen molar-refractivity contribution in [2.24, 2.45) is 0 Å². The first-order valence-corrected chi connectivity index (χ1v) is 6.84. The maximum atomic E-state index is 11.6. The molecule has 0 heterocycles. The highest BCUT2D eigenvalue weighted by molar-refractivity contribution is 5.68. The molecule has 5 nitrogen and oxygen atoms in total. The lowest BCUT2D eigenvalue weighted by Crippen LogP contribution is -2.36. The number of carbonyl (C=O) groups excluding carboxylic acids is 1. The molecule has 1 aromatic rings. The highest BCUT2D eigenvalue weighted by Crippen LogP contribution is 2.22. The number of hydrogen-bond donors (Lipinski definition) is 3. The third-order valence-electron chi connectivity index (χ3n) is 2.97. The molecule has 5 heteroatoms. The number of carbonyl (C=O) groups is 1. The number of phenols is 1. The van der Waals surface area contributed by atoms with Crippen LogP contribution in [0.25, 0.3) is 0 Å². The van der Waals surface area contributed by atoms with Crippen molar-refractivity contribution >= 4 is 6.09 Å². The summed E-state index contributed by atoms with van der Waals surface area (Å²) < 4.78 is 5.20. The van der Waals surface area contributed by atoms with Gasteiger partial charge in [0.2, 0.25) is 0 Å². The summed E-state index contributed by atoms with van der Waals surface area (Å²) in [6.45, 7) is 6.21. The lowest BCUT2D eigenvalue weighted by atomic mass is 10.2. The van der Waals surface area contributed by atoms with Crippen molar-refractivity contribution in [2.75, 3.05) is 0 Å². The van der Waals surface area contributed by atoms with Gasteiger partial charge >= 0.3 is 6.09 Å². The minimum Gasteiger partial charge on any atom is -0.508 e. The average molecular weight is 278 g/mol. The molecule has 1 aliphatic carbocycles. The Morgan fingerprint density at radius 3 is 2.80 bits per heavy atom. The van der Waals surface area contributed by atoms with Crippen LogP contribution in [0, 0.1) is 0 Å². The fourth-order valence-corrected chi connectivity index (χ4v) is 1.95. The predicted octanol–water partition coefficient (Wildman–Crippen LogP) is 2.15. The Morgan fingerprint density at radius 1 is 1.40 bits per heavy atom. The maximum Gasteiger partial charge on any atom is 0.407 e. The number of alkyl carbamates (subject to hydrolysis) is 1. The van der Waals surface area contributed by atoms with Crippen LogP contribution >= 0.6 is 0 Å². The smallest absolute Gasteiger partial charge is 0.407 e. The molecule has 1 aromatic carbocycles. The van der Waals surface area contributed by atoms with Crippen LogP contribution in [0.4, 0.5) is 4.79 Å². The molecule has 20 heavy (non-hydrogen) atoms. The van der Waals surface area contributed by atoms with Gasteiger partial charge in [-0.15, -0.1) is 0 Å². The Hall–Kier alpha value is -1.75. The molecule has 0 aromatic heterocycles. The Bertz CT molecular complexity index is 482. The minimum absolute atomic E-state index is 0.127. The number of nitrogens with one attached hydrogen (secondary N) is 2. The zero-order valence-corrected chi connectivity index (χ0v) is 12.1. The number of benzene rings is 1. The number of ether oxygens (including phenoxy) is 1. The normalized spacial score (nSPS) is 21.4. The van der Waals surface area contributed by atoms with Crippen LogP contribution in [0.1, 0.15) is 32.8 Å². The van der Waals surface area contributed by atoms with Gasteiger partial charge in [0.1, 0.15) is 11.4 Å². The van der Waals surface area contributed by atoms with Gasteiger partial charge in [0.05, 0.1) is 0 Å². The third kappa shape index (κ3) is 4.74. The van der Waals surface area contributed by atoms with Gasteiger partial charge in [0.25, 0.3) is 0 Å². The van der Waals surface area contributed by atoms with Gasteiger partial charge in [0, 0.05) is 18.6 Å². The topological polar surface area (TPSA) is 70.6 Å². The molecule has 0 bridgehead atoms. The quantitative estimate of drug-likeness (QED) is 0.789. The van der Waals surface area contributed by atoms with Gasteiger partial charge < -0.3 is 20.5 Å². The van der Waals surface area contributed by atoms with E-state index in [2.05, 4.69) is 10.6 Å². The molecule has 0 aliphatic heterocycles. The van der Waals surface area contributed by atoms with E-state index in [1.165, 1.54) is 0 Å². The lowest BCUT2D eigenvalue weighted by molar-refractivity contribution is 0.0522. The monoisotopic (exact) mass is 278 g/mol. The molecule has 110 valence electrons. The summed E-state index contributed by atoms with van der Waals surface area (Å²) in [7, 11) is 0. The Labute approximate surface area is 119 Å². The fraction of sp³-hybridized carbons (Fsp3) is 0.533. The van der Waals surface area contributed by atoms with E-state index < -0.39 is 5.60 Å². The summed E-state index contributed by atoms with van der Waals surface area (Å²) in [5.74, 6) is 0.267. The first-order chi connectivity index (χ1) is 9.33. The van der Waals surface area contributed by atoms with Crippen LogP contribution < -0.4 is 10.6 Å². The molecular weight excluding hydrogens is 256 g/mol. The number of rotatable bonds is 4. The summed E-state index contributed by atoms with van der Waals surface area (Å²) in [4.78, 5) is 11.6. The van der Waals surface area contributed by atoms with Crippen LogP contribution in [-0.4, -0.2) is 28.9 Å². The lowest BCUT2D eigenvalue weighted by Gasteiger charge is -2.19. The number of aromatic hydroxyl groups is 1. The van der Waals surface area contributed by atoms with E-state index in [0.29, 0.717) is 6.54 Å². The van der Waals surface area contributed by atoms with E-state index in [1.807, 2.05) is 32.9 Å². The Kier molecular flexibility index (Phi) is 4.18. The highest BCUT2D eigenvalue weighted by Gasteiger charge is 2.38. The van der Waals surface area contributed by atoms with E-state index in [-0.39, 0.29) is 23.9 Å². The first kappa shape index (κ1) is 14.7. The van der Waals surface area contributed by atoms with Crippen molar-refractivity contribution in [1.82, 2.24) is 10.6 Å². The van der Waals surface area contributed by atoms with Gasteiger partial charge in [-0.05, 0) is 44.9 Å². The summed E-state index contributed by atoms with van der Waals surface area (Å²) in [6.07, 6.45) is 0.530. The molecule has 1 saturated carbocycles. The van der Waals surface area contributed by atoms with E-state index in [1.54, 1.807) is 12.1 Å². The average Bonchev–Trinajstić information content (AvgIpc) is 3.02. The van der Waals surface area contributed by atoms with Crippen molar-refractivity contribution in [3.63, 3.8) is 0 Å². The van der Waals surface area contributed by atoms with Gasteiger partial charge in [-0.2, -0.15) is 0 Å². The van der Waals surface area contributed by atoms with Crippen molar-refractivity contribution < 1.29 is 14.6 Å². The number of amides is 1. The zero-order valence-electron chi connectivity index (χ0n) is 12.1. The largest absolute Gasteiger partial charge is 0.508 e. The third-order valence-corrected chi connectivity index (χ3v) is 2.97. The molecule has 0 spiro atoms. The summed E-state index contributed by atoms with van der Waals surface area (Å²) in [6, 6.07) is 7.53. The fourth-order valence-electron chi connectivity index (χ4n) is 1.95. The summed E-state index contributed by atoms with van der Waals surface area (Å²) in [5.41, 5.74) is 0.552. The van der Waals surface area contributed by atoms with Gasteiger partial charge in [0.15, 0.2) is 0 Å². The van der Waals surface area contributed by atoms with E-state index in [0.717, 1.165) is 12.0 Å². The van der Waals surface area contributed by atoms with Crippen molar-refractivity contribution in [3.8, 4) is 5.75 Å². The maximum absolute atomic E-state index is 11.6. The molecule has 2 rings (SSSR count). The van der Waals surface area contributed by atoms with Crippen molar-refractivity contribution in [1.29, 1.82) is 0 Å². The van der Waals surface area contributed by atoms with Crippen LogP contribution in [0.2, 0.25) is 0 Å². The van der Waals surface area contributed by atoms with Crippen LogP contribution in [0.3, 0.4) is 0 Å². The standard InChI is InChI=1S/C15H22N2O3/c1-15(2,3)20-14(19)17-13-8-12(13)16-9-10-5-4-6-11(18)7-10/h4-7,12-13,16,18H,8-9H2,1-3H3,(H,17,19). The zero-order chi connectivity index (χ0) is 14.8.